The van der Waals surface area contributed by atoms with Crippen LogP contribution < -0.4 is 5.32 Å². The number of hydrogen-bond donors (Lipinski definition) is 1. The summed E-state index contributed by atoms with van der Waals surface area (Å²) in [4.78, 5) is 9.13. The highest BCUT2D eigenvalue weighted by atomic mass is 127. The van der Waals surface area contributed by atoms with Crippen molar-refractivity contribution in [3.8, 4) is 0 Å². The molecule has 28 heavy (non-hydrogen) atoms. The summed E-state index contributed by atoms with van der Waals surface area (Å²) in [6.45, 7) is 6.39. The lowest BCUT2D eigenvalue weighted by molar-refractivity contribution is 0.00990. The van der Waals surface area contributed by atoms with Crippen molar-refractivity contribution in [2.24, 2.45) is 4.99 Å². The molecule has 1 aliphatic heterocycles. The maximum Gasteiger partial charge on any atom is 0.193 e. The number of nitrogens with zero attached hydrogens (tertiary/aromatic N) is 3. The molecule has 1 aromatic carbocycles. The summed E-state index contributed by atoms with van der Waals surface area (Å²) >= 11 is 0. The highest BCUT2D eigenvalue weighted by Crippen LogP contribution is 2.14. The zero-order valence-electron chi connectivity index (χ0n) is 17.6. The van der Waals surface area contributed by atoms with Gasteiger partial charge in [0, 0.05) is 60.1 Å². The third kappa shape index (κ3) is 9.54. The second kappa shape index (κ2) is 15.0. The Hall–Kier alpha value is -0.900. The first-order chi connectivity index (χ1) is 13.2. The highest BCUT2D eigenvalue weighted by Gasteiger charge is 2.21. The molecule has 1 N–H and O–H groups in total. The largest absolute Gasteiger partial charge is 0.385 e. The van der Waals surface area contributed by atoms with E-state index in [1.165, 1.54) is 5.56 Å². The molecule has 1 saturated heterocycles. The monoisotopic (exact) mass is 504 g/mol. The molecule has 1 aromatic rings. The fourth-order valence-corrected chi connectivity index (χ4v) is 3.35. The number of benzene rings is 1. The van der Waals surface area contributed by atoms with Crippen LogP contribution in [0.25, 0.3) is 0 Å². The Balaban J connectivity index is 0.00000392. The maximum atomic E-state index is 5.94. The number of guanidine groups is 1. The van der Waals surface area contributed by atoms with Gasteiger partial charge in [0.1, 0.15) is 0 Å². The first-order valence-corrected chi connectivity index (χ1v) is 10.0. The molecular formula is C21H37IN4O2. The molecule has 1 heterocycles. The summed E-state index contributed by atoms with van der Waals surface area (Å²) in [5, 5.41) is 3.51. The highest BCUT2D eigenvalue weighted by molar-refractivity contribution is 14.0. The number of piperidine rings is 1. The van der Waals surface area contributed by atoms with Crippen LogP contribution in [0.15, 0.2) is 35.3 Å². The third-order valence-corrected chi connectivity index (χ3v) is 4.87. The Bertz CT molecular complexity index is 536. The standard InChI is InChI=1S/C21H36N4O2.HI/c1-22-21(23-12-15-24(2)18-19-8-5-4-6-9-19)25-13-10-20(11-14-25)27-17-7-16-26-3;/h4-6,8-9,20H,7,10-18H2,1-3H3,(H,22,23);1H. The summed E-state index contributed by atoms with van der Waals surface area (Å²) in [6, 6.07) is 10.6. The number of nitrogens with one attached hydrogen (secondary N) is 1. The summed E-state index contributed by atoms with van der Waals surface area (Å²) in [5.74, 6) is 1.00. The molecule has 0 spiro atoms. The van der Waals surface area contributed by atoms with Crippen molar-refractivity contribution < 1.29 is 9.47 Å². The number of rotatable bonds is 10. The number of likely N-dealkylation sites (tertiary alicyclic amines) is 1. The molecule has 2 rings (SSSR count). The van der Waals surface area contributed by atoms with Gasteiger partial charge in [-0.2, -0.15) is 0 Å². The fraction of sp³-hybridized carbons (Fsp3) is 0.667. The molecule has 1 aliphatic rings. The summed E-state index contributed by atoms with van der Waals surface area (Å²) in [5.41, 5.74) is 1.34. The number of methoxy groups -OCH3 is 1. The van der Waals surface area contributed by atoms with Crippen LogP contribution in [-0.2, 0) is 16.0 Å². The molecule has 6 nitrogen and oxygen atoms in total. The molecule has 1 fully saturated rings. The van der Waals surface area contributed by atoms with Gasteiger partial charge in [0.15, 0.2) is 5.96 Å². The van der Waals surface area contributed by atoms with Gasteiger partial charge in [-0.25, -0.2) is 0 Å². The molecular weight excluding hydrogens is 467 g/mol. The van der Waals surface area contributed by atoms with Crippen molar-refractivity contribution in [2.75, 3.05) is 60.6 Å². The fourth-order valence-electron chi connectivity index (χ4n) is 3.35. The van der Waals surface area contributed by atoms with Crippen LogP contribution in [0, 0.1) is 0 Å². The van der Waals surface area contributed by atoms with Crippen molar-refractivity contribution in [3.63, 3.8) is 0 Å². The average molecular weight is 504 g/mol. The van der Waals surface area contributed by atoms with Crippen LogP contribution in [0.1, 0.15) is 24.8 Å². The van der Waals surface area contributed by atoms with E-state index >= 15 is 0 Å². The lowest BCUT2D eigenvalue weighted by atomic mass is 10.1. The van der Waals surface area contributed by atoms with Crippen LogP contribution in [0.4, 0.5) is 0 Å². The minimum atomic E-state index is 0. The van der Waals surface area contributed by atoms with Gasteiger partial charge in [-0.05, 0) is 31.9 Å². The van der Waals surface area contributed by atoms with E-state index in [4.69, 9.17) is 9.47 Å². The van der Waals surface area contributed by atoms with E-state index in [1.807, 2.05) is 7.05 Å². The normalized spacial score (nSPS) is 15.6. The molecule has 7 heteroatoms. The molecule has 0 bridgehead atoms. The van der Waals surface area contributed by atoms with E-state index in [1.54, 1.807) is 7.11 Å². The SMILES string of the molecule is CN=C(NCCN(C)Cc1ccccc1)N1CCC(OCCCOC)CC1.I. The van der Waals surface area contributed by atoms with Gasteiger partial charge in [-0.15, -0.1) is 24.0 Å². The lowest BCUT2D eigenvalue weighted by Crippen LogP contribution is -2.48. The van der Waals surface area contributed by atoms with Gasteiger partial charge in [-0.3, -0.25) is 4.99 Å². The van der Waals surface area contributed by atoms with Crippen LogP contribution in [-0.4, -0.2) is 82.5 Å². The lowest BCUT2D eigenvalue weighted by Gasteiger charge is -2.34. The van der Waals surface area contributed by atoms with Crippen molar-refractivity contribution in [2.45, 2.75) is 31.9 Å². The Kier molecular flexibility index (Phi) is 13.5. The Morgan fingerprint density at radius 2 is 1.93 bits per heavy atom. The maximum absolute atomic E-state index is 5.94. The van der Waals surface area contributed by atoms with Crippen LogP contribution in [0.5, 0.6) is 0 Å². The minimum absolute atomic E-state index is 0. The van der Waals surface area contributed by atoms with Crippen molar-refractivity contribution in [1.82, 2.24) is 15.1 Å². The average Bonchev–Trinajstić information content (AvgIpc) is 2.70. The third-order valence-electron chi connectivity index (χ3n) is 4.87. The van der Waals surface area contributed by atoms with Gasteiger partial charge < -0.3 is 24.6 Å². The zero-order valence-corrected chi connectivity index (χ0v) is 19.9. The quantitative estimate of drug-likeness (QED) is 0.230. The molecule has 0 aromatic heterocycles. The van der Waals surface area contributed by atoms with Crippen molar-refractivity contribution >= 4 is 29.9 Å². The molecule has 0 unspecified atom stereocenters. The van der Waals surface area contributed by atoms with Crippen LogP contribution in [0.2, 0.25) is 0 Å². The number of aliphatic imine (C=N–C) groups is 1. The number of hydrogen-bond acceptors (Lipinski definition) is 4. The van der Waals surface area contributed by atoms with Gasteiger partial charge in [0.05, 0.1) is 6.10 Å². The minimum Gasteiger partial charge on any atom is -0.385 e. The molecule has 0 saturated carbocycles. The zero-order chi connectivity index (χ0) is 19.3. The summed E-state index contributed by atoms with van der Waals surface area (Å²) in [6.07, 6.45) is 3.45. The van der Waals surface area contributed by atoms with Gasteiger partial charge in [0.2, 0.25) is 0 Å². The van der Waals surface area contributed by atoms with Crippen LogP contribution >= 0.6 is 24.0 Å². The number of likely N-dealkylation sites (N-methyl/N-ethyl adjacent to an activating group) is 1. The van der Waals surface area contributed by atoms with E-state index < -0.39 is 0 Å². The predicted molar refractivity (Wildman–Crippen MR) is 127 cm³/mol. The van der Waals surface area contributed by atoms with E-state index in [0.717, 1.165) is 71.2 Å². The van der Waals surface area contributed by atoms with E-state index in [9.17, 15) is 0 Å². The van der Waals surface area contributed by atoms with Crippen molar-refractivity contribution in [3.05, 3.63) is 35.9 Å². The van der Waals surface area contributed by atoms with E-state index in [2.05, 4.69) is 57.5 Å². The Morgan fingerprint density at radius 1 is 1.21 bits per heavy atom. The van der Waals surface area contributed by atoms with E-state index in [0.29, 0.717) is 6.10 Å². The molecule has 0 radical (unpaired) electrons. The summed E-state index contributed by atoms with van der Waals surface area (Å²) in [7, 11) is 5.75. The predicted octanol–water partition coefficient (Wildman–Crippen LogP) is 2.83. The van der Waals surface area contributed by atoms with Gasteiger partial charge >= 0.3 is 0 Å². The molecule has 0 aliphatic carbocycles. The van der Waals surface area contributed by atoms with E-state index in [-0.39, 0.29) is 24.0 Å². The second-order valence-corrected chi connectivity index (χ2v) is 7.10. The van der Waals surface area contributed by atoms with Gasteiger partial charge in [-0.1, -0.05) is 30.3 Å². The Labute approximate surface area is 187 Å². The second-order valence-electron chi connectivity index (χ2n) is 7.10. The molecule has 160 valence electrons. The Morgan fingerprint density at radius 3 is 2.57 bits per heavy atom. The molecule has 0 amide bonds. The smallest absolute Gasteiger partial charge is 0.193 e. The number of halogens is 1. The first-order valence-electron chi connectivity index (χ1n) is 10.0. The topological polar surface area (TPSA) is 49.3 Å². The molecule has 0 atom stereocenters. The first kappa shape index (κ1) is 25.1. The summed E-state index contributed by atoms with van der Waals surface area (Å²) < 4.78 is 11.0. The van der Waals surface area contributed by atoms with Crippen LogP contribution in [0.3, 0.4) is 0 Å². The van der Waals surface area contributed by atoms with Crippen molar-refractivity contribution in [1.29, 1.82) is 0 Å². The number of ether oxygens (including phenoxy) is 2. The van der Waals surface area contributed by atoms with Gasteiger partial charge in [0.25, 0.3) is 0 Å².